The number of hydrogen-bond acceptors (Lipinski definition) is 1. The standard InChI is InChI=1S/Nb.HO3P/c;1-4(2)3/h;(H-,1,2,3)/p+1. The zero-order chi connectivity index (χ0) is 3.58. The monoisotopic (exact) mass is 174 g/mol. The maximum atomic E-state index is 8.70. The fraction of sp³-hybridized carbons (Fsp3) is 0. The molecule has 0 unspecified atom stereocenters. The van der Waals surface area contributed by atoms with Gasteiger partial charge in [-0.3, -0.25) is 0 Å². The van der Waals surface area contributed by atoms with Gasteiger partial charge in [0.25, 0.3) is 0 Å². The fourth-order valence-corrected chi connectivity index (χ4v) is 0. The molecule has 0 bridgehead atoms. The first kappa shape index (κ1) is 9.23. The Bertz CT molecular complexity index is 29.9. The molecule has 0 saturated carbocycles. The third-order valence-corrected chi connectivity index (χ3v) is 0. The molecule has 0 aromatic heterocycles. The second kappa shape index (κ2) is 4.76. The van der Waals surface area contributed by atoms with Crippen LogP contribution in [0, 0.1) is 0 Å². The Hall–Kier alpha value is 0.760. The Balaban J connectivity index is 0. The average molecular weight is 174 g/mol. The van der Waals surface area contributed by atoms with Gasteiger partial charge >= 0.3 is 8.25 Å². The van der Waals surface area contributed by atoms with E-state index >= 15 is 0 Å². The van der Waals surface area contributed by atoms with Crippen LogP contribution in [0.25, 0.3) is 0 Å². The maximum Gasteiger partial charge on any atom is 0.692 e. The summed E-state index contributed by atoms with van der Waals surface area (Å²) in [6.45, 7) is 0. The van der Waals surface area contributed by atoms with Gasteiger partial charge in [-0.05, 0) is 0 Å². The van der Waals surface area contributed by atoms with Crippen molar-refractivity contribution in [2.75, 3.05) is 0 Å². The van der Waals surface area contributed by atoms with E-state index in [1.165, 1.54) is 0 Å². The third-order valence-electron chi connectivity index (χ3n) is 0. The Morgan fingerprint density at radius 1 is 1.40 bits per heavy atom. The van der Waals surface area contributed by atoms with Gasteiger partial charge in [0.15, 0.2) is 0 Å². The summed E-state index contributed by atoms with van der Waals surface area (Å²) in [5, 5.41) is 0. The van der Waals surface area contributed by atoms with Gasteiger partial charge in [0.1, 0.15) is 0 Å². The summed E-state index contributed by atoms with van der Waals surface area (Å²) in [5.41, 5.74) is 0. The van der Waals surface area contributed by atoms with Crippen LogP contribution in [0.2, 0.25) is 0 Å². The van der Waals surface area contributed by atoms with Crippen LogP contribution in [0.4, 0.5) is 0 Å². The Labute approximate surface area is 45.5 Å². The van der Waals surface area contributed by atoms with Crippen LogP contribution in [0.5, 0.6) is 0 Å². The van der Waals surface area contributed by atoms with Crippen molar-refractivity contribution in [1.29, 1.82) is 0 Å². The second-order valence-corrected chi connectivity index (χ2v) is 0.758. The molecule has 0 heterocycles. The largest absolute Gasteiger partial charge is 0.692 e. The fourth-order valence-electron chi connectivity index (χ4n) is 0. The van der Waals surface area contributed by atoms with Crippen LogP contribution >= 0.6 is 8.25 Å². The Morgan fingerprint density at radius 3 is 1.40 bits per heavy atom. The molecule has 0 amide bonds. The molecule has 5 heavy (non-hydrogen) atoms. The van der Waals surface area contributed by atoms with Gasteiger partial charge in [-0.1, -0.05) is 0 Å². The van der Waals surface area contributed by atoms with Crippen LogP contribution in [0.3, 0.4) is 0 Å². The van der Waals surface area contributed by atoms with E-state index in [0.29, 0.717) is 0 Å². The predicted octanol–water partition coefficient (Wildman–Crippen LogP) is -0.374. The smallest absolute Gasteiger partial charge is 0.134 e. The quantitative estimate of drug-likeness (QED) is 0.388. The molecule has 0 rings (SSSR count). The molecule has 0 aromatic rings. The maximum absolute atomic E-state index is 8.70. The molecular weight excluding hydrogens is 172 g/mol. The predicted molar refractivity (Wildman–Crippen MR) is 12.0 cm³/mol. The van der Waals surface area contributed by atoms with Gasteiger partial charge in [-0.2, -0.15) is 0 Å². The zero-order valence-corrected chi connectivity index (χ0v) is 5.29. The molecule has 5 heteroatoms. The minimum atomic E-state index is -2.87. The summed E-state index contributed by atoms with van der Waals surface area (Å²) in [4.78, 5) is 14.2. The average Bonchev–Trinajstić information content (AvgIpc) is 0.811. The van der Waals surface area contributed by atoms with Gasteiger partial charge in [0, 0.05) is 26.9 Å². The van der Waals surface area contributed by atoms with E-state index in [4.69, 9.17) is 14.4 Å². The summed E-state index contributed by atoms with van der Waals surface area (Å²) in [7, 11) is -2.87. The van der Waals surface area contributed by atoms with Gasteiger partial charge in [-0.25, -0.2) is 0 Å². The van der Waals surface area contributed by atoms with E-state index in [1.54, 1.807) is 0 Å². The molecular formula is H2NbO3P+. The molecule has 0 saturated heterocycles. The normalized spacial score (nSPS) is 5.20. The number of rotatable bonds is 0. The van der Waals surface area contributed by atoms with Crippen molar-refractivity contribution in [2.45, 2.75) is 0 Å². The van der Waals surface area contributed by atoms with Crippen LogP contribution in [-0.2, 0) is 26.9 Å². The summed E-state index contributed by atoms with van der Waals surface area (Å²) >= 11 is 0. The molecule has 0 aromatic carbocycles. The van der Waals surface area contributed by atoms with Gasteiger partial charge in [0.05, 0.1) is 0 Å². The molecule has 0 spiro atoms. The van der Waals surface area contributed by atoms with E-state index < -0.39 is 8.25 Å². The van der Waals surface area contributed by atoms with Crippen LogP contribution in [0.1, 0.15) is 0 Å². The van der Waals surface area contributed by atoms with Gasteiger partial charge < -0.3 is 0 Å². The van der Waals surface area contributed by atoms with Crippen LogP contribution in [-0.4, -0.2) is 9.79 Å². The van der Waals surface area contributed by atoms with Gasteiger partial charge in [0.2, 0.25) is 0 Å². The molecule has 0 atom stereocenters. The van der Waals surface area contributed by atoms with E-state index in [0.717, 1.165) is 0 Å². The first-order valence-electron chi connectivity index (χ1n) is 0.583. The molecule has 2 N–H and O–H groups in total. The zero-order valence-electron chi connectivity index (χ0n) is 2.20. The molecule has 1 radical (unpaired) electrons. The summed E-state index contributed by atoms with van der Waals surface area (Å²) in [6.07, 6.45) is 0. The van der Waals surface area contributed by atoms with E-state index in [-0.39, 0.29) is 22.4 Å². The second-order valence-electron chi connectivity index (χ2n) is 0.253. The van der Waals surface area contributed by atoms with E-state index in [1.807, 2.05) is 0 Å². The summed E-state index contributed by atoms with van der Waals surface area (Å²) in [6, 6.07) is 0. The minimum absolute atomic E-state index is 0. The first-order chi connectivity index (χ1) is 1.73. The SMILES string of the molecule is O=[P+](O)O.[Nb]. The van der Waals surface area contributed by atoms with Crippen molar-refractivity contribution in [3.8, 4) is 0 Å². The molecule has 29 valence electrons. The summed E-state index contributed by atoms with van der Waals surface area (Å²) < 4.78 is 8.70. The van der Waals surface area contributed by atoms with Crippen molar-refractivity contribution in [1.82, 2.24) is 0 Å². The van der Waals surface area contributed by atoms with Crippen molar-refractivity contribution in [3.63, 3.8) is 0 Å². The Morgan fingerprint density at radius 2 is 1.40 bits per heavy atom. The first-order valence-corrected chi connectivity index (χ1v) is 1.75. The van der Waals surface area contributed by atoms with Gasteiger partial charge in [-0.15, -0.1) is 9.79 Å². The summed E-state index contributed by atoms with van der Waals surface area (Å²) in [5.74, 6) is 0. The van der Waals surface area contributed by atoms with E-state index in [2.05, 4.69) is 0 Å². The van der Waals surface area contributed by atoms with Crippen molar-refractivity contribution >= 4 is 8.25 Å². The van der Waals surface area contributed by atoms with Crippen LogP contribution in [0.15, 0.2) is 0 Å². The van der Waals surface area contributed by atoms with Crippen LogP contribution < -0.4 is 0 Å². The molecule has 3 nitrogen and oxygen atoms in total. The topological polar surface area (TPSA) is 57.5 Å². The third kappa shape index (κ3) is 62.7. The Kier molecular flexibility index (Phi) is 8.79. The van der Waals surface area contributed by atoms with E-state index in [9.17, 15) is 0 Å². The van der Waals surface area contributed by atoms with Crippen molar-refractivity contribution in [3.05, 3.63) is 0 Å². The minimum Gasteiger partial charge on any atom is -0.134 e. The van der Waals surface area contributed by atoms with Crippen molar-refractivity contribution in [2.24, 2.45) is 0 Å². The molecule has 0 aliphatic rings. The molecule has 0 aliphatic heterocycles. The molecule has 0 aliphatic carbocycles. The molecule has 0 fully saturated rings. The van der Waals surface area contributed by atoms with Crippen molar-refractivity contribution < 1.29 is 36.7 Å². The number of hydrogen-bond donors (Lipinski definition) is 2.